The second kappa shape index (κ2) is 9.06. The highest BCUT2D eigenvalue weighted by Gasteiger charge is 2.25. The van der Waals surface area contributed by atoms with Crippen LogP contribution in [0.1, 0.15) is 23.2 Å². The van der Waals surface area contributed by atoms with Gasteiger partial charge in [-0.3, -0.25) is 9.58 Å². The number of rotatable bonds is 5. The third-order valence-corrected chi connectivity index (χ3v) is 7.63. The molecule has 0 bridgehead atoms. The Kier molecular flexibility index (Phi) is 5.77. The van der Waals surface area contributed by atoms with Gasteiger partial charge in [-0.1, -0.05) is 18.2 Å². The van der Waals surface area contributed by atoms with Crippen molar-refractivity contribution >= 4 is 21.4 Å². The van der Waals surface area contributed by atoms with Crippen molar-refractivity contribution < 1.29 is 14.2 Å². The van der Waals surface area contributed by atoms with E-state index in [-0.39, 0.29) is 6.10 Å². The van der Waals surface area contributed by atoms with E-state index in [2.05, 4.69) is 64.9 Å². The number of fused-ring (bicyclic) bond motifs is 2. The van der Waals surface area contributed by atoms with Crippen molar-refractivity contribution in [1.82, 2.24) is 14.7 Å². The highest BCUT2D eigenvalue weighted by Crippen LogP contribution is 2.42. The van der Waals surface area contributed by atoms with Gasteiger partial charge in [-0.25, -0.2) is 0 Å². The standard InChI is InChI=1S/C27H29N3O3S/c1-18-21(13-29(2)28-18)15-30-8-10-32-27-20(14-30)11-19(12-25(27)33-22-7-9-31-16-22)24-17-34-26-6-4-3-5-23(24)26/h3-6,11-13,17,22H,7-10,14-16H2,1-2H3/t22-/m1/s1. The largest absolute Gasteiger partial charge is 0.488 e. The predicted molar refractivity (Wildman–Crippen MR) is 135 cm³/mol. The monoisotopic (exact) mass is 475 g/mol. The first-order chi connectivity index (χ1) is 16.6. The molecular weight excluding hydrogens is 446 g/mol. The number of hydrogen-bond donors (Lipinski definition) is 0. The zero-order valence-corrected chi connectivity index (χ0v) is 20.4. The summed E-state index contributed by atoms with van der Waals surface area (Å²) in [7, 11) is 1.98. The van der Waals surface area contributed by atoms with E-state index in [1.165, 1.54) is 32.3 Å². The fraction of sp³-hybridized carbons (Fsp3) is 0.370. The second-order valence-electron chi connectivity index (χ2n) is 9.18. The molecule has 176 valence electrons. The van der Waals surface area contributed by atoms with Gasteiger partial charge in [-0.2, -0.15) is 5.10 Å². The Labute approximate surface area is 203 Å². The Hall–Kier alpha value is -2.87. The summed E-state index contributed by atoms with van der Waals surface area (Å²) in [5.41, 5.74) is 5.92. The molecule has 7 heteroatoms. The SMILES string of the molecule is Cc1nn(C)cc1CN1CCOc2c(cc(-c3csc4ccccc34)cc2O[C@@H]2CCOC2)C1. The fourth-order valence-electron chi connectivity index (χ4n) is 4.95. The Balaban J connectivity index is 1.39. The minimum Gasteiger partial charge on any atom is -0.488 e. The Morgan fingerprint density at radius 1 is 1.21 bits per heavy atom. The molecule has 0 spiro atoms. The molecule has 0 amide bonds. The summed E-state index contributed by atoms with van der Waals surface area (Å²) in [6, 6.07) is 13.0. The molecule has 2 aromatic carbocycles. The maximum atomic E-state index is 6.48. The Bertz CT molecular complexity index is 1320. The lowest BCUT2D eigenvalue weighted by Gasteiger charge is -2.20. The molecule has 6 nitrogen and oxygen atoms in total. The van der Waals surface area contributed by atoms with Crippen LogP contribution in [0.2, 0.25) is 0 Å². The van der Waals surface area contributed by atoms with Crippen LogP contribution in [0.5, 0.6) is 11.5 Å². The van der Waals surface area contributed by atoms with Gasteiger partial charge < -0.3 is 14.2 Å². The van der Waals surface area contributed by atoms with Crippen LogP contribution in [0, 0.1) is 6.92 Å². The molecular formula is C27H29N3O3S. The molecule has 0 unspecified atom stereocenters. The minimum absolute atomic E-state index is 0.0690. The highest BCUT2D eigenvalue weighted by molar-refractivity contribution is 7.17. The Morgan fingerprint density at radius 3 is 2.94 bits per heavy atom. The fourth-order valence-corrected chi connectivity index (χ4v) is 5.92. The van der Waals surface area contributed by atoms with Crippen LogP contribution < -0.4 is 9.47 Å². The average molecular weight is 476 g/mol. The molecule has 0 aliphatic carbocycles. The number of thiophene rings is 1. The first kappa shape index (κ1) is 21.6. The molecule has 2 aromatic heterocycles. The van der Waals surface area contributed by atoms with E-state index in [1.54, 1.807) is 11.3 Å². The molecule has 1 saturated heterocycles. The van der Waals surface area contributed by atoms with Gasteiger partial charge in [0.2, 0.25) is 0 Å². The lowest BCUT2D eigenvalue weighted by atomic mass is 10.0. The summed E-state index contributed by atoms with van der Waals surface area (Å²) in [5.74, 6) is 1.71. The minimum atomic E-state index is 0.0690. The van der Waals surface area contributed by atoms with Gasteiger partial charge in [0.05, 0.1) is 18.9 Å². The van der Waals surface area contributed by atoms with Gasteiger partial charge >= 0.3 is 0 Å². The van der Waals surface area contributed by atoms with Gasteiger partial charge in [0, 0.05) is 66.1 Å². The van der Waals surface area contributed by atoms with Crippen LogP contribution in [0.4, 0.5) is 0 Å². The zero-order valence-electron chi connectivity index (χ0n) is 19.6. The zero-order chi connectivity index (χ0) is 23.1. The van der Waals surface area contributed by atoms with Crippen molar-refractivity contribution in [2.75, 3.05) is 26.4 Å². The lowest BCUT2D eigenvalue weighted by Crippen LogP contribution is -2.25. The van der Waals surface area contributed by atoms with Gasteiger partial charge in [0.15, 0.2) is 11.5 Å². The van der Waals surface area contributed by atoms with Crippen LogP contribution in [-0.4, -0.2) is 47.1 Å². The van der Waals surface area contributed by atoms with Gasteiger partial charge in [-0.05, 0) is 36.1 Å². The van der Waals surface area contributed by atoms with Gasteiger partial charge in [-0.15, -0.1) is 11.3 Å². The summed E-state index contributed by atoms with van der Waals surface area (Å²) in [6.07, 6.45) is 3.09. The number of aromatic nitrogens is 2. The van der Waals surface area contributed by atoms with Crippen molar-refractivity contribution in [3.05, 3.63) is 64.8 Å². The van der Waals surface area contributed by atoms with Crippen molar-refractivity contribution in [3.63, 3.8) is 0 Å². The first-order valence-electron chi connectivity index (χ1n) is 11.9. The third-order valence-electron chi connectivity index (χ3n) is 6.66. The number of aryl methyl sites for hydroxylation is 2. The number of hydrogen-bond acceptors (Lipinski definition) is 6. The predicted octanol–water partition coefficient (Wildman–Crippen LogP) is 5.17. The molecule has 2 aliphatic rings. The summed E-state index contributed by atoms with van der Waals surface area (Å²) < 4.78 is 21.6. The van der Waals surface area contributed by atoms with Crippen LogP contribution in [0.15, 0.2) is 48.0 Å². The van der Waals surface area contributed by atoms with E-state index >= 15 is 0 Å². The average Bonchev–Trinajstić information content (AvgIpc) is 3.52. The van der Waals surface area contributed by atoms with Crippen molar-refractivity contribution in [2.45, 2.75) is 32.5 Å². The number of nitrogens with zero attached hydrogens (tertiary/aromatic N) is 3. The molecule has 1 fully saturated rings. The van der Waals surface area contributed by atoms with E-state index in [4.69, 9.17) is 14.2 Å². The molecule has 34 heavy (non-hydrogen) atoms. The maximum absolute atomic E-state index is 6.48. The molecule has 0 N–H and O–H groups in total. The summed E-state index contributed by atoms with van der Waals surface area (Å²) in [4.78, 5) is 2.44. The summed E-state index contributed by atoms with van der Waals surface area (Å²) in [5, 5.41) is 8.05. The van der Waals surface area contributed by atoms with Crippen LogP contribution in [0.25, 0.3) is 21.2 Å². The molecule has 0 radical (unpaired) electrons. The van der Waals surface area contributed by atoms with Crippen molar-refractivity contribution in [1.29, 1.82) is 0 Å². The van der Waals surface area contributed by atoms with Crippen LogP contribution in [0.3, 0.4) is 0 Å². The van der Waals surface area contributed by atoms with Crippen LogP contribution in [-0.2, 0) is 24.9 Å². The first-order valence-corrected chi connectivity index (χ1v) is 12.7. The molecule has 6 rings (SSSR count). The normalized spacial score (nSPS) is 18.6. The van der Waals surface area contributed by atoms with E-state index in [0.717, 1.165) is 49.9 Å². The van der Waals surface area contributed by atoms with E-state index in [0.29, 0.717) is 13.2 Å². The molecule has 1 atom stereocenters. The van der Waals surface area contributed by atoms with E-state index < -0.39 is 0 Å². The van der Waals surface area contributed by atoms with E-state index in [9.17, 15) is 0 Å². The number of benzene rings is 2. The molecule has 4 aromatic rings. The van der Waals surface area contributed by atoms with E-state index in [1.807, 2.05) is 11.7 Å². The molecule has 2 aliphatic heterocycles. The Morgan fingerprint density at radius 2 is 2.12 bits per heavy atom. The van der Waals surface area contributed by atoms with Gasteiger partial charge in [0.1, 0.15) is 12.7 Å². The quantitative estimate of drug-likeness (QED) is 0.398. The third kappa shape index (κ3) is 4.19. The summed E-state index contributed by atoms with van der Waals surface area (Å²) >= 11 is 1.78. The van der Waals surface area contributed by atoms with Crippen molar-refractivity contribution in [3.8, 4) is 22.6 Å². The van der Waals surface area contributed by atoms with Gasteiger partial charge in [0.25, 0.3) is 0 Å². The second-order valence-corrected chi connectivity index (χ2v) is 10.1. The molecule has 0 saturated carbocycles. The summed E-state index contributed by atoms with van der Waals surface area (Å²) in [6.45, 7) is 6.59. The highest BCUT2D eigenvalue weighted by atomic mass is 32.1. The number of ether oxygens (including phenoxy) is 3. The maximum Gasteiger partial charge on any atom is 0.165 e. The smallest absolute Gasteiger partial charge is 0.165 e. The molecule has 4 heterocycles. The van der Waals surface area contributed by atoms with Crippen molar-refractivity contribution in [2.24, 2.45) is 7.05 Å². The topological polar surface area (TPSA) is 48.8 Å². The van der Waals surface area contributed by atoms with Crippen LogP contribution >= 0.6 is 11.3 Å². The lowest BCUT2D eigenvalue weighted by molar-refractivity contribution is 0.137.